The first-order valence-corrected chi connectivity index (χ1v) is 8.17. The van der Waals surface area contributed by atoms with Crippen molar-refractivity contribution in [2.45, 2.75) is 46.2 Å². The van der Waals surface area contributed by atoms with E-state index in [2.05, 4.69) is 5.10 Å². The standard InChI is InChI=1S/C16H23N5OS/c1-4-8-14-18-19(16(23)21(14)17)11-15(22)20(12(2)3)13-9-6-5-7-10-13/h5-7,9-10,12H,4,8,11,17H2,1-3H3. The van der Waals surface area contributed by atoms with Crippen LogP contribution in [0.1, 0.15) is 33.0 Å². The molecule has 0 atom stereocenters. The number of amides is 1. The number of aromatic nitrogens is 3. The SMILES string of the molecule is CCCc1nn(CC(=O)N(c2ccccc2)C(C)C)c(=S)n1N. The number of carbonyl (C=O) groups is 1. The second kappa shape index (κ2) is 7.41. The number of hydrogen-bond acceptors (Lipinski definition) is 4. The normalized spacial score (nSPS) is 11.0. The molecule has 124 valence electrons. The molecule has 1 heterocycles. The lowest BCUT2D eigenvalue weighted by Crippen LogP contribution is -2.39. The van der Waals surface area contributed by atoms with E-state index in [9.17, 15) is 4.79 Å². The van der Waals surface area contributed by atoms with E-state index >= 15 is 0 Å². The van der Waals surface area contributed by atoms with Crippen LogP contribution < -0.4 is 10.7 Å². The maximum Gasteiger partial charge on any atom is 0.249 e. The van der Waals surface area contributed by atoms with E-state index in [0.717, 1.165) is 18.5 Å². The predicted octanol–water partition coefficient (Wildman–Crippen LogP) is 2.52. The first kappa shape index (κ1) is 17.2. The molecule has 0 bridgehead atoms. The molecule has 0 fully saturated rings. The van der Waals surface area contributed by atoms with Gasteiger partial charge in [-0.15, -0.1) is 0 Å². The zero-order chi connectivity index (χ0) is 17.0. The number of nitrogens with two attached hydrogens (primary N) is 1. The van der Waals surface area contributed by atoms with Crippen molar-refractivity contribution in [3.8, 4) is 0 Å². The third-order valence-electron chi connectivity index (χ3n) is 3.52. The molecular formula is C16H23N5OS. The molecule has 2 N–H and O–H groups in total. The molecule has 1 amide bonds. The summed E-state index contributed by atoms with van der Waals surface area (Å²) in [5, 5.41) is 4.38. The van der Waals surface area contributed by atoms with Crippen LogP contribution in [0.4, 0.5) is 5.69 Å². The summed E-state index contributed by atoms with van der Waals surface area (Å²) >= 11 is 5.28. The molecule has 2 rings (SSSR count). The Hall–Kier alpha value is -2.15. The topological polar surface area (TPSA) is 69.1 Å². The first-order chi connectivity index (χ1) is 11.0. The Morgan fingerprint density at radius 3 is 2.57 bits per heavy atom. The summed E-state index contributed by atoms with van der Waals surface area (Å²) in [6.07, 6.45) is 1.65. The van der Waals surface area contributed by atoms with Gasteiger partial charge in [0.05, 0.1) is 0 Å². The van der Waals surface area contributed by atoms with Gasteiger partial charge in [0.25, 0.3) is 0 Å². The Morgan fingerprint density at radius 2 is 2.00 bits per heavy atom. The maximum absolute atomic E-state index is 12.8. The van der Waals surface area contributed by atoms with Gasteiger partial charge in [0.1, 0.15) is 6.54 Å². The van der Waals surface area contributed by atoms with Gasteiger partial charge >= 0.3 is 0 Å². The third-order valence-corrected chi connectivity index (χ3v) is 3.93. The average molecular weight is 333 g/mol. The molecule has 1 aromatic heterocycles. The number of carbonyl (C=O) groups excluding carboxylic acids is 1. The van der Waals surface area contributed by atoms with E-state index in [1.54, 1.807) is 4.90 Å². The molecule has 0 saturated heterocycles. The van der Waals surface area contributed by atoms with E-state index in [-0.39, 0.29) is 18.5 Å². The van der Waals surface area contributed by atoms with Crippen molar-refractivity contribution in [3.05, 3.63) is 40.9 Å². The van der Waals surface area contributed by atoms with Gasteiger partial charge in [0, 0.05) is 18.2 Å². The highest BCUT2D eigenvalue weighted by Gasteiger charge is 2.20. The van der Waals surface area contributed by atoms with E-state index in [0.29, 0.717) is 10.6 Å². The van der Waals surface area contributed by atoms with E-state index < -0.39 is 0 Å². The van der Waals surface area contributed by atoms with Gasteiger partial charge in [-0.2, -0.15) is 5.10 Å². The molecule has 2 aromatic rings. The summed E-state index contributed by atoms with van der Waals surface area (Å²) in [6.45, 7) is 6.08. The monoisotopic (exact) mass is 333 g/mol. The Balaban J connectivity index is 2.26. The Labute approximate surface area is 141 Å². The van der Waals surface area contributed by atoms with Crippen molar-refractivity contribution >= 4 is 23.8 Å². The predicted molar refractivity (Wildman–Crippen MR) is 94.3 cm³/mol. The van der Waals surface area contributed by atoms with Crippen molar-refractivity contribution in [2.75, 3.05) is 10.7 Å². The number of nitrogens with zero attached hydrogens (tertiary/aromatic N) is 4. The zero-order valence-electron chi connectivity index (χ0n) is 13.8. The van der Waals surface area contributed by atoms with Gasteiger partial charge in [-0.1, -0.05) is 25.1 Å². The van der Waals surface area contributed by atoms with Crippen LogP contribution in [0.5, 0.6) is 0 Å². The van der Waals surface area contributed by atoms with Crippen LogP contribution in [0.25, 0.3) is 0 Å². The second-order valence-corrected chi connectivity index (χ2v) is 6.03. The van der Waals surface area contributed by atoms with Crippen molar-refractivity contribution < 1.29 is 4.79 Å². The fourth-order valence-electron chi connectivity index (χ4n) is 2.49. The van der Waals surface area contributed by atoms with Crippen LogP contribution in [0.15, 0.2) is 30.3 Å². The van der Waals surface area contributed by atoms with Crippen LogP contribution in [-0.4, -0.2) is 26.4 Å². The van der Waals surface area contributed by atoms with Crippen molar-refractivity contribution in [1.29, 1.82) is 0 Å². The van der Waals surface area contributed by atoms with Crippen LogP contribution in [0.2, 0.25) is 0 Å². The lowest BCUT2D eigenvalue weighted by molar-refractivity contribution is -0.119. The smallest absolute Gasteiger partial charge is 0.249 e. The quantitative estimate of drug-likeness (QED) is 0.651. The van der Waals surface area contributed by atoms with Crippen LogP contribution >= 0.6 is 12.2 Å². The highest BCUT2D eigenvalue weighted by molar-refractivity contribution is 7.71. The molecule has 0 spiro atoms. The lowest BCUT2D eigenvalue weighted by Gasteiger charge is -2.26. The van der Waals surface area contributed by atoms with E-state index in [1.165, 1.54) is 9.36 Å². The largest absolute Gasteiger partial charge is 0.335 e. The molecular weight excluding hydrogens is 310 g/mol. The number of rotatable bonds is 6. The molecule has 0 radical (unpaired) electrons. The van der Waals surface area contributed by atoms with Gasteiger partial charge in [0.15, 0.2) is 5.82 Å². The number of anilines is 1. The summed E-state index contributed by atoms with van der Waals surface area (Å²) in [4.78, 5) is 14.5. The first-order valence-electron chi connectivity index (χ1n) is 7.76. The van der Waals surface area contributed by atoms with Gasteiger partial charge in [0.2, 0.25) is 10.7 Å². The molecule has 0 aliphatic heterocycles. The molecule has 1 aromatic carbocycles. The van der Waals surface area contributed by atoms with Crippen molar-refractivity contribution in [2.24, 2.45) is 0 Å². The summed E-state index contributed by atoms with van der Waals surface area (Å²) in [5.74, 6) is 6.55. The lowest BCUT2D eigenvalue weighted by atomic mass is 10.2. The van der Waals surface area contributed by atoms with E-state index in [4.69, 9.17) is 18.1 Å². The molecule has 7 heteroatoms. The van der Waals surface area contributed by atoms with Crippen LogP contribution in [-0.2, 0) is 17.8 Å². The van der Waals surface area contributed by atoms with Crippen LogP contribution in [0.3, 0.4) is 0 Å². The number of aryl methyl sites for hydroxylation is 1. The molecule has 23 heavy (non-hydrogen) atoms. The summed E-state index contributed by atoms with van der Waals surface area (Å²) in [5.41, 5.74) is 0.861. The van der Waals surface area contributed by atoms with Gasteiger partial charge in [-0.3, -0.25) is 4.79 Å². The van der Waals surface area contributed by atoms with Crippen LogP contribution in [0, 0.1) is 4.77 Å². The summed E-state index contributed by atoms with van der Waals surface area (Å²) in [6, 6.07) is 9.63. The molecule has 0 unspecified atom stereocenters. The van der Waals surface area contributed by atoms with Gasteiger partial charge < -0.3 is 10.7 Å². The van der Waals surface area contributed by atoms with Crippen molar-refractivity contribution in [1.82, 2.24) is 14.5 Å². The summed E-state index contributed by atoms with van der Waals surface area (Å²) in [7, 11) is 0. The number of para-hydroxylation sites is 1. The van der Waals surface area contributed by atoms with Gasteiger partial charge in [-0.25, -0.2) is 9.36 Å². The maximum atomic E-state index is 12.8. The minimum Gasteiger partial charge on any atom is -0.335 e. The Kier molecular flexibility index (Phi) is 5.54. The molecule has 6 nitrogen and oxygen atoms in total. The third kappa shape index (κ3) is 3.79. The Morgan fingerprint density at radius 1 is 1.35 bits per heavy atom. The highest BCUT2D eigenvalue weighted by atomic mass is 32.1. The Bertz CT molecular complexity index is 720. The summed E-state index contributed by atoms with van der Waals surface area (Å²) < 4.78 is 3.24. The number of nitrogen functional groups attached to an aromatic ring is 1. The van der Waals surface area contributed by atoms with E-state index in [1.807, 2.05) is 51.1 Å². The fourth-order valence-corrected chi connectivity index (χ4v) is 2.70. The minimum absolute atomic E-state index is 0.0362. The second-order valence-electron chi connectivity index (χ2n) is 5.67. The zero-order valence-corrected chi connectivity index (χ0v) is 14.6. The number of benzene rings is 1. The average Bonchev–Trinajstić information content (AvgIpc) is 2.77. The fraction of sp³-hybridized carbons (Fsp3) is 0.438. The highest BCUT2D eigenvalue weighted by Crippen LogP contribution is 2.17. The minimum atomic E-state index is -0.0663. The van der Waals surface area contributed by atoms with Gasteiger partial charge in [-0.05, 0) is 44.6 Å². The molecule has 0 saturated carbocycles. The molecule has 0 aliphatic carbocycles. The van der Waals surface area contributed by atoms with Crippen molar-refractivity contribution in [3.63, 3.8) is 0 Å². The number of hydrogen-bond donors (Lipinski definition) is 1. The molecule has 0 aliphatic rings.